The molecule has 19 heavy (non-hydrogen) atoms. The molecule has 0 heterocycles. The second kappa shape index (κ2) is 6.26. The maximum Gasteiger partial charge on any atom is 0.130 e. The summed E-state index contributed by atoms with van der Waals surface area (Å²) in [5.74, 6) is -1.07. The van der Waals surface area contributed by atoms with E-state index in [1.165, 1.54) is 12.1 Å². The van der Waals surface area contributed by atoms with Gasteiger partial charge in [-0.25, -0.2) is 8.78 Å². The Morgan fingerprint density at radius 1 is 1.16 bits per heavy atom. The number of halogens is 3. The monoisotopic (exact) mass is 325 g/mol. The summed E-state index contributed by atoms with van der Waals surface area (Å²) in [5, 5.41) is 3.22. The highest BCUT2D eigenvalue weighted by atomic mass is 79.9. The van der Waals surface area contributed by atoms with E-state index in [0.717, 1.165) is 16.1 Å². The van der Waals surface area contributed by atoms with Crippen LogP contribution in [0.3, 0.4) is 0 Å². The van der Waals surface area contributed by atoms with Crippen LogP contribution in [0.1, 0.15) is 24.1 Å². The average Bonchev–Trinajstić information content (AvgIpc) is 2.37. The number of nitrogens with one attached hydrogen (secondary N) is 1. The van der Waals surface area contributed by atoms with Gasteiger partial charge in [-0.15, -0.1) is 0 Å². The van der Waals surface area contributed by atoms with Gasteiger partial charge in [0.25, 0.3) is 0 Å². The molecular formula is C15H14BrF2N. The van der Waals surface area contributed by atoms with Crippen LogP contribution < -0.4 is 5.32 Å². The van der Waals surface area contributed by atoms with Gasteiger partial charge in [-0.3, -0.25) is 0 Å². The van der Waals surface area contributed by atoms with E-state index in [2.05, 4.69) is 21.2 Å². The summed E-state index contributed by atoms with van der Waals surface area (Å²) in [4.78, 5) is 0. The third-order valence-corrected chi connectivity index (χ3v) is 3.46. The molecule has 2 aromatic rings. The molecule has 1 atom stereocenters. The lowest BCUT2D eigenvalue weighted by atomic mass is 10.1. The van der Waals surface area contributed by atoms with E-state index in [0.29, 0.717) is 12.1 Å². The predicted molar refractivity (Wildman–Crippen MR) is 75.8 cm³/mol. The van der Waals surface area contributed by atoms with Gasteiger partial charge in [-0.1, -0.05) is 34.1 Å². The molecule has 1 nitrogen and oxygen atoms in total. The van der Waals surface area contributed by atoms with E-state index in [1.54, 1.807) is 0 Å². The molecule has 0 spiro atoms. The van der Waals surface area contributed by atoms with Crippen molar-refractivity contribution in [1.29, 1.82) is 0 Å². The molecule has 0 saturated heterocycles. The molecule has 2 rings (SSSR count). The van der Waals surface area contributed by atoms with Gasteiger partial charge in [-0.05, 0) is 30.7 Å². The SMILES string of the molecule is CC(NCc1ccc(F)cc1F)c1cccc(Br)c1. The van der Waals surface area contributed by atoms with Gasteiger partial charge >= 0.3 is 0 Å². The lowest BCUT2D eigenvalue weighted by Gasteiger charge is -2.15. The Bertz CT molecular complexity index is 572. The molecule has 100 valence electrons. The molecular weight excluding hydrogens is 312 g/mol. The molecule has 0 fully saturated rings. The highest BCUT2D eigenvalue weighted by Crippen LogP contribution is 2.18. The van der Waals surface area contributed by atoms with Crippen LogP contribution in [0.4, 0.5) is 8.78 Å². The van der Waals surface area contributed by atoms with Crippen molar-refractivity contribution >= 4 is 15.9 Å². The molecule has 0 aromatic heterocycles. The van der Waals surface area contributed by atoms with E-state index in [4.69, 9.17) is 0 Å². The number of benzene rings is 2. The molecule has 0 amide bonds. The summed E-state index contributed by atoms with van der Waals surface area (Å²) in [5.41, 5.74) is 1.57. The van der Waals surface area contributed by atoms with Crippen molar-refractivity contribution in [2.45, 2.75) is 19.5 Å². The van der Waals surface area contributed by atoms with Crippen molar-refractivity contribution in [3.05, 3.63) is 69.7 Å². The fraction of sp³-hybridized carbons (Fsp3) is 0.200. The lowest BCUT2D eigenvalue weighted by molar-refractivity contribution is 0.533. The first kappa shape index (κ1) is 14.2. The summed E-state index contributed by atoms with van der Waals surface area (Å²) >= 11 is 3.42. The molecule has 0 radical (unpaired) electrons. The molecule has 0 bridgehead atoms. The molecule has 0 aliphatic rings. The lowest BCUT2D eigenvalue weighted by Crippen LogP contribution is -2.18. The minimum absolute atomic E-state index is 0.0851. The molecule has 2 aromatic carbocycles. The molecule has 1 unspecified atom stereocenters. The minimum Gasteiger partial charge on any atom is -0.306 e. The van der Waals surface area contributed by atoms with Crippen LogP contribution in [-0.2, 0) is 6.54 Å². The number of hydrogen-bond acceptors (Lipinski definition) is 1. The quantitative estimate of drug-likeness (QED) is 0.867. The van der Waals surface area contributed by atoms with Gasteiger partial charge in [0.2, 0.25) is 0 Å². The van der Waals surface area contributed by atoms with Crippen molar-refractivity contribution in [2.75, 3.05) is 0 Å². The first-order valence-corrected chi connectivity index (χ1v) is 6.78. The van der Waals surface area contributed by atoms with Crippen LogP contribution in [0, 0.1) is 11.6 Å². The zero-order valence-corrected chi connectivity index (χ0v) is 12.0. The van der Waals surface area contributed by atoms with Crippen LogP contribution in [0.15, 0.2) is 46.9 Å². The van der Waals surface area contributed by atoms with E-state index >= 15 is 0 Å². The zero-order chi connectivity index (χ0) is 13.8. The van der Waals surface area contributed by atoms with Crippen LogP contribution in [0.5, 0.6) is 0 Å². The Morgan fingerprint density at radius 3 is 2.63 bits per heavy atom. The highest BCUT2D eigenvalue weighted by Gasteiger charge is 2.08. The van der Waals surface area contributed by atoms with E-state index in [9.17, 15) is 8.78 Å². The molecule has 0 aliphatic heterocycles. The van der Waals surface area contributed by atoms with Gasteiger partial charge in [-0.2, -0.15) is 0 Å². The third-order valence-electron chi connectivity index (χ3n) is 2.96. The van der Waals surface area contributed by atoms with Crippen LogP contribution in [0.2, 0.25) is 0 Å². The maximum atomic E-state index is 13.5. The normalized spacial score (nSPS) is 12.4. The Kier molecular flexibility index (Phi) is 4.66. The molecule has 1 N–H and O–H groups in total. The largest absolute Gasteiger partial charge is 0.306 e. The van der Waals surface area contributed by atoms with Crippen LogP contribution in [0.25, 0.3) is 0 Å². The van der Waals surface area contributed by atoms with Crippen molar-refractivity contribution in [2.24, 2.45) is 0 Å². The summed E-state index contributed by atoms with van der Waals surface area (Å²) in [6.07, 6.45) is 0. The third kappa shape index (κ3) is 3.85. The second-order valence-electron chi connectivity index (χ2n) is 4.39. The Morgan fingerprint density at radius 2 is 1.95 bits per heavy atom. The summed E-state index contributed by atoms with van der Waals surface area (Å²) < 4.78 is 27.3. The molecule has 4 heteroatoms. The second-order valence-corrected chi connectivity index (χ2v) is 5.31. The average molecular weight is 326 g/mol. The number of rotatable bonds is 4. The molecule has 0 saturated carbocycles. The fourth-order valence-corrected chi connectivity index (χ4v) is 2.24. The van der Waals surface area contributed by atoms with Gasteiger partial charge in [0.1, 0.15) is 11.6 Å². The Balaban J connectivity index is 2.02. The summed E-state index contributed by atoms with van der Waals surface area (Å²) in [6, 6.07) is 11.6. The smallest absolute Gasteiger partial charge is 0.130 e. The van der Waals surface area contributed by atoms with Gasteiger partial charge < -0.3 is 5.32 Å². The summed E-state index contributed by atoms with van der Waals surface area (Å²) in [6.45, 7) is 2.36. The minimum atomic E-state index is -0.554. The van der Waals surface area contributed by atoms with Gasteiger partial charge in [0.05, 0.1) is 0 Å². The zero-order valence-electron chi connectivity index (χ0n) is 10.5. The topological polar surface area (TPSA) is 12.0 Å². The van der Waals surface area contributed by atoms with Crippen molar-refractivity contribution in [3.8, 4) is 0 Å². The highest BCUT2D eigenvalue weighted by molar-refractivity contribution is 9.10. The fourth-order valence-electron chi connectivity index (χ4n) is 1.82. The van der Waals surface area contributed by atoms with Crippen molar-refractivity contribution in [1.82, 2.24) is 5.32 Å². The Labute approximate surface area is 119 Å². The van der Waals surface area contributed by atoms with E-state index < -0.39 is 11.6 Å². The van der Waals surface area contributed by atoms with Crippen LogP contribution >= 0.6 is 15.9 Å². The summed E-state index contributed by atoms with van der Waals surface area (Å²) in [7, 11) is 0. The van der Waals surface area contributed by atoms with Crippen molar-refractivity contribution < 1.29 is 8.78 Å². The van der Waals surface area contributed by atoms with Crippen LogP contribution in [-0.4, -0.2) is 0 Å². The Hall–Kier alpha value is -1.26. The van der Waals surface area contributed by atoms with Gasteiger partial charge in [0.15, 0.2) is 0 Å². The van der Waals surface area contributed by atoms with E-state index in [1.807, 2.05) is 31.2 Å². The number of hydrogen-bond donors (Lipinski definition) is 1. The molecule has 0 aliphatic carbocycles. The first-order valence-electron chi connectivity index (χ1n) is 5.99. The van der Waals surface area contributed by atoms with Gasteiger partial charge in [0, 0.05) is 28.7 Å². The van der Waals surface area contributed by atoms with E-state index in [-0.39, 0.29) is 6.04 Å². The maximum absolute atomic E-state index is 13.5. The first-order chi connectivity index (χ1) is 9.06. The standard InChI is InChI=1S/C15H14BrF2N/c1-10(11-3-2-4-13(16)7-11)19-9-12-5-6-14(17)8-15(12)18/h2-8,10,19H,9H2,1H3. The predicted octanol–water partition coefficient (Wildman–Crippen LogP) is 4.58. The van der Waals surface area contributed by atoms with Crippen molar-refractivity contribution in [3.63, 3.8) is 0 Å².